The zero-order valence-electron chi connectivity index (χ0n) is 8.98. The lowest BCUT2D eigenvalue weighted by molar-refractivity contribution is -0.0186. The molecule has 12 heavy (non-hydrogen) atoms. The highest BCUT2D eigenvalue weighted by molar-refractivity contribution is 4.95. The van der Waals surface area contributed by atoms with Crippen molar-refractivity contribution in [2.75, 3.05) is 13.6 Å². The summed E-state index contributed by atoms with van der Waals surface area (Å²) >= 11 is 0. The minimum atomic E-state index is 0.623. The first-order valence-electron chi connectivity index (χ1n) is 5.26. The molecule has 0 heterocycles. The van der Waals surface area contributed by atoms with Gasteiger partial charge < -0.3 is 5.32 Å². The summed E-state index contributed by atoms with van der Waals surface area (Å²) in [4.78, 5) is 0. The van der Waals surface area contributed by atoms with Gasteiger partial charge in [0.25, 0.3) is 0 Å². The average Bonchev–Trinajstić information content (AvgIpc) is 2.01. The van der Waals surface area contributed by atoms with Crippen LogP contribution in [0.3, 0.4) is 0 Å². The Morgan fingerprint density at radius 3 is 2.50 bits per heavy atom. The Bertz CT molecular complexity index is 140. The summed E-state index contributed by atoms with van der Waals surface area (Å²) in [6.07, 6.45) is 4.18. The molecule has 0 spiro atoms. The highest BCUT2D eigenvalue weighted by Crippen LogP contribution is 2.53. The predicted octanol–water partition coefficient (Wildman–Crippen LogP) is 2.67. The van der Waals surface area contributed by atoms with E-state index in [1.165, 1.54) is 25.8 Å². The molecule has 1 aliphatic carbocycles. The highest BCUT2D eigenvalue weighted by Gasteiger charge is 2.44. The van der Waals surface area contributed by atoms with Gasteiger partial charge in [-0.25, -0.2) is 0 Å². The Balaban J connectivity index is 2.36. The fourth-order valence-electron chi connectivity index (χ4n) is 2.80. The van der Waals surface area contributed by atoms with Gasteiger partial charge in [0, 0.05) is 0 Å². The van der Waals surface area contributed by atoms with Crippen molar-refractivity contribution in [2.45, 2.75) is 40.0 Å². The maximum absolute atomic E-state index is 3.25. The lowest BCUT2D eigenvalue weighted by atomic mass is 9.54. The van der Waals surface area contributed by atoms with Crippen molar-refractivity contribution in [1.82, 2.24) is 5.32 Å². The molecule has 2 atom stereocenters. The molecule has 1 nitrogen and oxygen atoms in total. The molecule has 2 unspecified atom stereocenters. The van der Waals surface area contributed by atoms with Crippen molar-refractivity contribution in [3.63, 3.8) is 0 Å². The van der Waals surface area contributed by atoms with E-state index in [1.807, 2.05) is 7.05 Å². The SMILES string of the molecule is CCC1CC(C)(C)C1CCNC. The molecule has 1 aliphatic rings. The highest BCUT2D eigenvalue weighted by atomic mass is 14.8. The monoisotopic (exact) mass is 169 g/mol. The van der Waals surface area contributed by atoms with E-state index in [9.17, 15) is 0 Å². The second-order valence-corrected chi connectivity index (χ2v) is 4.86. The number of hydrogen-bond donors (Lipinski definition) is 1. The third-order valence-corrected chi connectivity index (χ3v) is 3.59. The van der Waals surface area contributed by atoms with Crippen LogP contribution < -0.4 is 5.32 Å². The maximum atomic E-state index is 3.25. The van der Waals surface area contributed by atoms with Gasteiger partial charge in [-0.1, -0.05) is 27.2 Å². The fraction of sp³-hybridized carbons (Fsp3) is 1.00. The van der Waals surface area contributed by atoms with Gasteiger partial charge in [-0.05, 0) is 43.7 Å². The van der Waals surface area contributed by atoms with Crippen LogP contribution in [0.5, 0.6) is 0 Å². The number of rotatable bonds is 4. The molecule has 0 radical (unpaired) electrons. The van der Waals surface area contributed by atoms with E-state index < -0.39 is 0 Å². The molecule has 0 aromatic heterocycles. The van der Waals surface area contributed by atoms with Gasteiger partial charge in [-0.15, -0.1) is 0 Å². The molecule has 0 aromatic rings. The summed E-state index contributed by atoms with van der Waals surface area (Å²) in [5, 5.41) is 3.25. The van der Waals surface area contributed by atoms with Crippen molar-refractivity contribution >= 4 is 0 Å². The molecule has 0 saturated heterocycles. The van der Waals surface area contributed by atoms with Crippen LogP contribution in [-0.2, 0) is 0 Å². The summed E-state index contributed by atoms with van der Waals surface area (Å²) in [7, 11) is 2.05. The Morgan fingerprint density at radius 2 is 2.08 bits per heavy atom. The largest absolute Gasteiger partial charge is 0.320 e. The first-order valence-corrected chi connectivity index (χ1v) is 5.26. The summed E-state index contributed by atoms with van der Waals surface area (Å²) in [6.45, 7) is 8.34. The second kappa shape index (κ2) is 3.78. The van der Waals surface area contributed by atoms with E-state index >= 15 is 0 Å². The second-order valence-electron chi connectivity index (χ2n) is 4.86. The van der Waals surface area contributed by atoms with Crippen LogP contribution in [0.4, 0.5) is 0 Å². The summed E-state index contributed by atoms with van der Waals surface area (Å²) in [5.41, 5.74) is 0.623. The van der Waals surface area contributed by atoms with Gasteiger partial charge in [0.2, 0.25) is 0 Å². The fourth-order valence-corrected chi connectivity index (χ4v) is 2.80. The van der Waals surface area contributed by atoms with Crippen LogP contribution in [0.25, 0.3) is 0 Å². The van der Waals surface area contributed by atoms with Crippen LogP contribution in [0.1, 0.15) is 40.0 Å². The van der Waals surface area contributed by atoms with Crippen LogP contribution in [0, 0.1) is 17.3 Å². The summed E-state index contributed by atoms with van der Waals surface area (Å²) in [6, 6.07) is 0. The van der Waals surface area contributed by atoms with Gasteiger partial charge >= 0.3 is 0 Å². The van der Waals surface area contributed by atoms with Gasteiger partial charge in [0.05, 0.1) is 0 Å². The standard InChI is InChI=1S/C11H23N/c1-5-9-8-11(2,3)10(9)6-7-12-4/h9-10,12H,5-8H2,1-4H3. The molecule has 0 aliphatic heterocycles. The Labute approximate surface area is 76.9 Å². The van der Waals surface area contributed by atoms with E-state index in [1.54, 1.807) is 0 Å². The molecule has 1 rings (SSSR count). The van der Waals surface area contributed by atoms with E-state index in [2.05, 4.69) is 26.1 Å². The third kappa shape index (κ3) is 1.82. The van der Waals surface area contributed by atoms with Crippen molar-refractivity contribution in [2.24, 2.45) is 17.3 Å². The Kier molecular flexibility index (Phi) is 3.16. The molecule has 1 saturated carbocycles. The normalized spacial score (nSPS) is 33.0. The lowest BCUT2D eigenvalue weighted by Gasteiger charge is -2.52. The van der Waals surface area contributed by atoms with Gasteiger partial charge in [-0.2, -0.15) is 0 Å². The van der Waals surface area contributed by atoms with Gasteiger partial charge in [0.15, 0.2) is 0 Å². The number of nitrogens with one attached hydrogen (secondary N) is 1. The summed E-state index contributed by atoms with van der Waals surface area (Å²) in [5.74, 6) is 1.98. The van der Waals surface area contributed by atoms with Gasteiger partial charge in [0.1, 0.15) is 0 Å². The van der Waals surface area contributed by atoms with Crippen molar-refractivity contribution in [3.05, 3.63) is 0 Å². The van der Waals surface area contributed by atoms with E-state index in [4.69, 9.17) is 0 Å². The minimum Gasteiger partial charge on any atom is -0.320 e. The van der Waals surface area contributed by atoms with Crippen molar-refractivity contribution < 1.29 is 0 Å². The Hall–Kier alpha value is -0.0400. The van der Waals surface area contributed by atoms with E-state index in [0.29, 0.717) is 5.41 Å². The van der Waals surface area contributed by atoms with Crippen molar-refractivity contribution in [3.8, 4) is 0 Å². The lowest BCUT2D eigenvalue weighted by Crippen LogP contribution is -2.44. The van der Waals surface area contributed by atoms with Crippen LogP contribution in [-0.4, -0.2) is 13.6 Å². The van der Waals surface area contributed by atoms with E-state index in [-0.39, 0.29) is 0 Å². The van der Waals surface area contributed by atoms with Crippen LogP contribution in [0.15, 0.2) is 0 Å². The van der Waals surface area contributed by atoms with E-state index in [0.717, 1.165) is 11.8 Å². The van der Waals surface area contributed by atoms with Gasteiger partial charge in [-0.3, -0.25) is 0 Å². The third-order valence-electron chi connectivity index (χ3n) is 3.59. The molecule has 1 fully saturated rings. The molecule has 1 heteroatoms. The molecule has 0 aromatic carbocycles. The maximum Gasteiger partial charge on any atom is -0.00490 e. The topological polar surface area (TPSA) is 12.0 Å². The predicted molar refractivity (Wildman–Crippen MR) is 54.2 cm³/mol. The molecular weight excluding hydrogens is 146 g/mol. The van der Waals surface area contributed by atoms with Crippen LogP contribution >= 0.6 is 0 Å². The Morgan fingerprint density at radius 1 is 1.42 bits per heavy atom. The molecule has 72 valence electrons. The van der Waals surface area contributed by atoms with Crippen LogP contribution in [0.2, 0.25) is 0 Å². The smallest absolute Gasteiger partial charge is 0.00490 e. The number of hydrogen-bond acceptors (Lipinski definition) is 1. The zero-order chi connectivity index (χ0) is 9.19. The zero-order valence-corrected chi connectivity index (χ0v) is 8.98. The van der Waals surface area contributed by atoms with Crippen molar-refractivity contribution in [1.29, 1.82) is 0 Å². The minimum absolute atomic E-state index is 0.623. The first kappa shape index (κ1) is 10.0. The first-order chi connectivity index (χ1) is 5.61. The summed E-state index contributed by atoms with van der Waals surface area (Å²) < 4.78 is 0. The quantitative estimate of drug-likeness (QED) is 0.682. The molecule has 0 bridgehead atoms. The molecule has 1 N–H and O–H groups in total. The average molecular weight is 169 g/mol. The molecular formula is C11H23N. The molecule has 0 amide bonds.